The van der Waals surface area contributed by atoms with Crippen LogP contribution in [-0.2, 0) is 0 Å². The molecule has 1 fully saturated rings. The van der Waals surface area contributed by atoms with E-state index in [1.165, 1.54) is 25.7 Å². The predicted octanol–water partition coefficient (Wildman–Crippen LogP) is 3.58. The summed E-state index contributed by atoms with van der Waals surface area (Å²) in [6.07, 6.45) is 5.33. The van der Waals surface area contributed by atoms with Gasteiger partial charge < -0.3 is 11.1 Å². The van der Waals surface area contributed by atoms with E-state index in [1.807, 2.05) is 18.2 Å². The number of nitrogens with two attached hydrogens (primary N) is 1. The van der Waals surface area contributed by atoms with Gasteiger partial charge in [0.2, 0.25) is 0 Å². The van der Waals surface area contributed by atoms with Crippen molar-refractivity contribution in [2.24, 2.45) is 11.7 Å². The third-order valence-electron chi connectivity index (χ3n) is 3.30. The molecule has 0 atom stereocenters. The molecule has 0 heterocycles. The Labute approximate surface area is 113 Å². The molecule has 1 aromatic rings. The number of thiocarbonyl (C=S) groups is 1. The van der Waals surface area contributed by atoms with Crippen LogP contribution in [0.3, 0.4) is 0 Å². The van der Waals surface area contributed by atoms with Gasteiger partial charge in [-0.1, -0.05) is 36.7 Å². The number of hydrogen-bond donors (Lipinski definition) is 2. The van der Waals surface area contributed by atoms with E-state index in [0.717, 1.165) is 23.7 Å². The molecule has 0 unspecified atom stereocenters. The molecule has 0 bridgehead atoms. The van der Waals surface area contributed by atoms with Gasteiger partial charge in [0.15, 0.2) is 0 Å². The summed E-state index contributed by atoms with van der Waals surface area (Å²) < 4.78 is 0. The first-order chi connectivity index (χ1) is 8.16. The van der Waals surface area contributed by atoms with Crippen LogP contribution in [0.25, 0.3) is 0 Å². The Morgan fingerprint density at radius 3 is 2.76 bits per heavy atom. The quantitative estimate of drug-likeness (QED) is 0.820. The lowest BCUT2D eigenvalue weighted by Crippen LogP contribution is -2.16. The van der Waals surface area contributed by atoms with Crippen LogP contribution in [0.4, 0.5) is 5.69 Å². The van der Waals surface area contributed by atoms with E-state index in [1.54, 1.807) is 0 Å². The van der Waals surface area contributed by atoms with E-state index in [-0.39, 0.29) is 0 Å². The SMILES string of the molecule is NC(=S)c1ccc(Cl)cc1NCC1CCCC1. The van der Waals surface area contributed by atoms with Crippen molar-refractivity contribution in [1.82, 2.24) is 0 Å². The zero-order chi connectivity index (χ0) is 12.3. The molecule has 2 nitrogen and oxygen atoms in total. The fourth-order valence-electron chi connectivity index (χ4n) is 2.35. The van der Waals surface area contributed by atoms with Gasteiger partial charge in [-0.05, 0) is 37.0 Å². The van der Waals surface area contributed by atoms with Gasteiger partial charge >= 0.3 is 0 Å². The molecule has 0 saturated heterocycles. The molecule has 1 aromatic carbocycles. The van der Waals surface area contributed by atoms with Gasteiger partial charge in [0.05, 0.1) is 0 Å². The summed E-state index contributed by atoms with van der Waals surface area (Å²) in [4.78, 5) is 0.413. The van der Waals surface area contributed by atoms with Crippen LogP contribution in [0.2, 0.25) is 5.02 Å². The van der Waals surface area contributed by atoms with Crippen molar-refractivity contribution in [2.75, 3.05) is 11.9 Å². The Morgan fingerprint density at radius 1 is 1.41 bits per heavy atom. The van der Waals surface area contributed by atoms with Gasteiger partial charge in [-0.15, -0.1) is 0 Å². The lowest BCUT2D eigenvalue weighted by molar-refractivity contribution is 0.580. The van der Waals surface area contributed by atoms with E-state index in [9.17, 15) is 0 Å². The van der Waals surface area contributed by atoms with Crippen LogP contribution in [0.15, 0.2) is 18.2 Å². The number of nitrogens with one attached hydrogen (secondary N) is 1. The van der Waals surface area contributed by atoms with Crippen molar-refractivity contribution in [3.63, 3.8) is 0 Å². The molecule has 17 heavy (non-hydrogen) atoms. The highest BCUT2D eigenvalue weighted by atomic mass is 35.5. The summed E-state index contributed by atoms with van der Waals surface area (Å²) in [7, 11) is 0. The van der Waals surface area contributed by atoms with Crippen LogP contribution in [0.5, 0.6) is 0 Å². The minimum atomic E-state index is 0.413. The van der Waals surface area contributed by atoms with Gasteiger partial charge in [-0.3, -0.25) is 0 Å². The number of benzene rings is 1. The van der Waals surface area contributed by atoms with E-state index < -0.39 is 0 Å². The smallest absolute Gasteiger partial charge is 0.106 e. The van der Waals surface area contributed by atoms with Crippen LogP contribution in [0.1, 0.15) is 31.2 Å². The average Bonchev–Trinajstić information content (AvgIpc) is 2.78. The summed E-state index contributed by atoms with van der Waals surface area (Å²) in [6, 6.07) is 5.59. The molecule has 92 valence electrons. The lowest BCUT2D eigenvalue weighted by atomic mass is 10.1. The Morgan fingerprint density at radius 2 is 2.12 bits per heavy atom. The van der Waals surface area contributed by atoms with Gasteiger partial charge in [0, 0.05) is 22.8 Å². The molecule has 3 N–H and O–H groups in total. The number of halogens is 1. The Hall–Kier alpha value is -0.800. The molecule has 4 heteroatoms. The topological polar surface area (TPSA) is 38.0 Å². The molecular formula is C13H17ClN2S. The van der Waals surface area contributed by atoms with Crippen molar-refractivity contribution in [3.8, 4) is 0 Å². The molecule has 0 spiro atoms. The van der Waals surface area contributed by atoms with Gasteiger partial charge in [-0.25, -0.2) is 0 Å². The van der Waals surface area contributed by atoms with Crippen molar-refractivity contribution in [3.05, 3.63) is 28.8 Å². The number of hydrogen-bond acceptors (Lipinski definition) is 2. The summed E-state index contributed by atoms with van der Waals surface area (Å²) in [5.74, 6) is 0.771. The lowest BCUT2D eigenvalue weighted by Gasteiger charge is -2.15. The van der Waals surface area contributed by atoms with Crippen LogP contribution in [0, 0.1) is 5.92 Å². The second kappa shape index (κ2) is 5.69. The third kappa shape index (κ3) is 3.33. The summed E-state index contributed by atoms with van der Waals surface area (Å²) in [6.45, 7) is 0.982. The molecule has 0 aliphatic heterocycles. The molecule has 0 amide bonds. The maximum atomic E-state index is 5.99. The van der Waals surface area contributed by atoms with E-state index in [0.29, 0.717) is 10.0 Å². The number of anilines is 1. The molecule has 1 aliphatic rings. The van der Waals surface area contributed by atoms with Crippen LogP contribution in [-0.4, -0.2) is 11.5 Å². The third-order valence-corrected chi connectivity index (χ3v) is 3.76. The van der Waals surface area contributed by atoms with Gasteiger partial charge in [0.1, 0.15) is 4.99 Å². The normalized spacial score (nSPS) is 16.1. The monoisotopic (exact) mass is 268 g/mol. The fourth-order valence-corrected chi connectivity index (χ4v) is 2.70. The summed E-state index contributed by atoms with van der Waals surface area (Å²) in [5.41, 5.74) is 7.53. The van der Waals surface area contributed by atoms with Crippen molar-refractivity contribution < 1.29 is 0 Å². The molecule has 2 rings (SSSR count). The molecule has 0 aromatic heterocycles. The highest BCUT2D eigenvalue weighted by Gasteiger charge is 2.15. The predicted molar refractivity (Wildman–Crippen MR) is 77.8 cm³/mol. The van der Waals surface area contributed by atoms with E-state index in [2.05, 4.69) is 5.32 Å². The standard InChI is InChI=1S/C13H17ClN2S/c14-10-5-6-11(13(15)17)12(7-10)16-8-9-3-1-2-4-9/h5-7,9,16H,1-4,8H2,(H2,15,17). The second-order valence-corrected chi connectivity index (χ2v) is 5.46. The highest BCUT2D eigenvalue weighted by Crippen LogP contribution is 2.26. The molecule has 0 radical (unpaired) electrons. The zero-order valence-corrected chi connectivity index (χ0v) is 11.3. The minimum absolute atomic E-state index is 0.413. The minimum Gasteiger partial charge on any atom is -0.389 e. The molecule has 1 saturated carbocycles. The maximum Gasteiger partial charge on any atom is 0.106 e. The Balaban J connectivity index is 2.07. The van der Waals surface area contributed by atoms with Gasteiger partial charge in [-0.2, -0.15) is 0 Å². The molecule has 1 aliphatic carbocycles. The van der Waals surface area contributed by atoms with Crippen molar-refractivity contribution in [1.29, 1.82) is 0 Å². The van der Waals surface area contributed by atoms with E-state index >= 15 is 0 Å². The highest BCUT2D eigenvalue weighted by molar-refractivity contribution is 7.80. The second-order valence-electron chi connectivity index (χ2n) is 4.59. The largest absolute Gasteiger partial charge is 0.389 e. The van der Waals surface area contributed by atoms with Crippen LogP contribution >= 0.6 is 23.8 Å². The summed E-state index contributed by atoms with van der Waals surface area (Å²) >= 11 is 11.0. The maximum absolute atomic E-state index is 5.99. The zero-order valence-electron chi connectivity index (χ0n) is 9.71. The number of rotatable bonds is 4. The Kier molecular flexibility index (Phi) is 4.24. The summed E-state index contributed by atoms with van der Waals surface area (Å²) in [5, 5.41) is 4.13. The van der Waals surface area contributed by atoms with Crippen LogP contribution < -0.4 is 11.1 Å². The van der Waals surface area contributed by atoms with E-state index in [4.69, 9.17) is 29.6 Å². The fraction of sp³-hybridized carbons (Fsp3) is 0.462. The first-order valence-electron chi connectivity index (χ1n) is 6.00. The Bertz CT molecular complexity index is 414. The van der Waals surface area contributed by atoms with Crippen molar-refractivity contribution in [2.45, 2.75) is 25.7 Å². The first kappa shape index (κ1) is 12.7. The van der Waals surface area contributed by atoms with Gasteiger partial charge in [0.25, 0.3) is 0 Å². The van der Waals surface area contributed by atoms with Crippen molar-refractivity contribution >= 4 is 34.5 Å². The average molecular weight is 269 g/mol. The first-order valence-corrected chi connectivity index (χ1v) is 6.78. The molecular weight excluding hydrogens is 252 g/mol.